The normalized spacial score (nSPS) is 10.5. The smallest absolute Gasteiger partial charge is 0.361 e. The van der Waals surface area contributed by atoms with E-state index in [1.807, 2.05) is 19.1 Å². The summed E-state index contributed by atoms with van der Waals surface area (Å²) in [6.45, 7) is 4.06. The summed E-state index contributed by atoms with van der Waals surface area (Å²) in [7, 11) is 0. The number of hydrogen-bond acceptors (Lipinski definition) is 4. The second-order valence-corrected chi connectivity index (χ2v) is 4.31. The molecule has 1 aromatic carbocycles. The summed E-state index contributed by atoms with van der Waals surface area (Å²) in [6, 6.07) is 5.50. The van der Waals surface area contributed by atoms with Crippen molar-refractivity contribution in [2.45, 2.75) is 20.3 Å². The van der Waals surface area contributed by atoms with Crippen LogP contribution in [0.15, 0.2) is 18.2 Å². The van der Waals surface area contributed by atoms with Gasteiger partial charge in [0.05, 0.1) is 6.61 Å². The van der Waals surface area contributed by atoms with E-state index in [9.17, 15) is 4.79 Å². The highest BCUT2D eigenvalue weighted by atomic mass is 35.5. The zero-order valence-electron chi connectivity index (χ0n) is 10.7. The molecule has 0 unspecified atom stereocenters. The lowest BCUT2D eigenvalue weighted by atomic mass is 10.1. The van der Waals surface area contributed by atoms with E-state index in [4.69, 9.17) is 16.3 Å². The highest BCUT2D eigenvalue weighted by Crippen LogP contribution is 2.26. The number of esters is 1. The van der Waals surface area contributed by atoms with Crippen LogP contribution in [0, 0.1) is 0 Å². The topological polar surface area (TPSA) is 67.9 Å². The van der Waals surface area contributed by atoms with Crippen molar-refractivity contribution in [1.29, 1.82) is 0 Å². The molecule has 0 aliphatic rings. The molecule has 6 heteroatoms. The Hall–Kier alpha value is -1.88. The molecule has 2 aromatic rings. The molecule has 0 saturated carbocycles. The minimum Gasteiger partial charge on any atom is -0.461 e. The monoisotopic (exact) mass is 279 g/mol. The molecule has 5 nitrogen and oxygen atoms in total. The third-order valence-corrected chi connectivity index (χ3v) is 3.09. The number of halogens is 1. The minimum atomic E-state index is -0.487. The number of nitrogens with zero attached hydrogens (tertiary/aromatic N) is 2. The lowest BCUT2D eigenvalue weighted by molar-refractivity contribution is 0.0520. The molecule has 0 spiro atoms. The number of nitrogens with one attached hydrogen (secondary N) is 1. The van der Waals surface area contributed by atoms with Crippen LogP contribution < -0.4 is 0 Å². The fourth-order valence-corrected chi connectivity index (χ4v) is 2.02. The maximum Gasteiger partial charge on any atom is 0.361 e. The summed E-state index contributed by atoms with van der Waals surface area (Å²) in [5.41, 5.74) is 2.45. The van der Waals surface area contributed by atoms with E-state index >= 15 is 0 Å². The quantitative estimate of drug-likeness (QED) is 0.874. The maximum atomic E-state index is 11.8. The van der Waals surface area contributed by atoms with Gasteiger partial charge in [-0.15, -0.1) is 5.10 Å². The van der Waals surface area contributed by atoms with Crippen molar-refractivity contribution in [2.75, 3.05) is 6.61 Å². The molecular formula is C13H14ClN3O2. The van der Waals surface area contributed by atoms with Gasteiger partial charge in [-0.2, -0.15) is 10.3 Å². The second kappa shape index (κ2) is 5.84. The van der Waals surface area contributed by atoms with E-state index in [1.54, 1.807) is 13.0 Å². The number of ether oxygens (including phenoxy) is 1. The number of benzene rings is 1. The summed E-state index contributed by atoms with van der Waals surface area (Å²) >= 11 is 6.07. The number of rotatable bonds is 4. The summed E-state index contributed by atoms with van der Waals surface area (Å²) in [4.78, 5) is 11.8. The molecule has 0 atom stereocenters. The van der Waals surface area contributed by atoms with Gasteiger partial charge in [0.2, 0.25) is 0 Å². The van der Waals surface area contributed by atoms with Crippen molar-refractivity contribution in [3.8, 4) is 11.3 Å². The van der Waals surface area contributed by atoms with Crippen molar-refractivity contribution >= 4 is 17.6 Å². The number of aromatic amines is 1. The molecule has 1 N–H and O–H groups in total. The van der Waals surface area contributed by atoms with Gasteiger partial charge in [-0.1, -0.05) is 24.6 Å². The van der Waals surface area contributed by atoms with Gasteiger partial charge in [0, 0.05) is 10.6 Å². The molecule has 19 heavy (non-hydrogen) atoms. The van der Waals surface area contributed by atoms with Gasteiger partial charge in [-0.25, -0.2) is 4.79 Å². The van der Waals surface area contributed by atoms with Gasteiger partial charge in [0.1, 0.15) is 5.69 Å². The van der Waals surface area contributed by atoms with Crippen LogP contribution in [0.4, 0.5) is 0 Å². The van der Waals surface area contributed by atoms with Crippen LogP contribution in [0.5, 0.6) is 0 Å². The van der Waals surface area contributed by atoms with E-state index in [0.29, 0.717) is 17.3 Å². The Bertz CT molecular complexity index is 595. The third kappa shape index (κ3) is 2.76. The first kappa shape index (κ1) is 13.5. The highest BCUT2D eigenvalue weighted by molar-refractivity contribution is 6.31. The fraction of sp³-hybridized carbons (Fsp3) is 0.308. The number of hydrogen-bond donors (Lipinski definition) is 1. The van der Waals surface area contributed by atoms with Gasteiger partial charge in [-0.05, 0) is 31.0 Å². The van der Waals surface area contributed by atoms with Crippen molar-refractivity contribution in [3.63, 3.8) is 0 Å². The lowest BCUT2D eigenvalue weighted by Crippen LogP contribution is -2.06. The largest absolute Gasteiger partial charge is 0.461 e. The Morgan fingerprint density at radius 3 is 2.84 bits per heavy atom. The summed E-state index contributed by atoms with van der Waals surface area (Å²) in [5.74, 6) is -0.487. The van der Waals surface area contributed by atoms with Crippen LogP contribution >= 0.6 is 11.6 Å². The van der Waals surface area contributed by atoms with E-state index < -0.39 is 5.97 Å². The SMILES string of the molecule is CCOC(=O)c1n[nH]nc1-c1ccc(Cl)c(CC)c1. The van der Waals surface area contributed by atoms with Gasteiger partial charge in [-0.3, -0.25) is 0 Å². The zero-order chi connectivity index (χ0) is 13.8. The molecule has 100 valence electrons. The minimum absolute atomic E-state index is 0.186. The molecule has 0 amide bonds. The molecule has 0 aliphatic carbocycles. The van der Waals surface area contributed by atoms with E-state index in [-0.39, 0.29) is 5.69 Å². The average Bonchev–Trinajstić information content (AvgIpc) is 2.89. The van der Waals surface area contributed by atoms with Crippen LogP contribution in [-0.4, -0.2) is 28.0 Å². The highest BCUT2D eigenvalue weighted by Gasteiger charge is 2.19. The molecule has 0 fully saturated rings. The Kier molecular flexibility index (Phi) is 4.16. The van der Waals surface area contributed by atoms with Crippen molar-refractivity contribution in [3.05, 3.63) is 34.5 Å². The molecule has 1 aromatic heterocycles. The van der Waals surface area contributed by atoms with Gasteiger partial charge < -0.3 is 4.74 Å². The molecule has 1 heterocycles. The fourth-order valence-electron chi connectivity index (χ4n) is 1.77. The van der Waals surface area contributed by atoms with Crippen LogP contribution in [0.2, 0.25) is 5.02 Å². The van der Waals surface area contributed by atoms with E-state index in [0.717, 1.165) is 17.5 Å². The van der Waals surface area contributed by atoms with Crippen LogP contribution in [-0.2, 0) is 11.2 Å². The van der Waals surface area contributed by atoms with Crippen molar-refractivity contribution in [1.82, 2.24) is 15.4 Å². The summed E-state index contributed by atoms with van der Waals surface area (Å²) < 4.78 is 4.94. The van der Waals surface area contributed by atoms with Crippen LogP contribution in [0.25, 0.3) is 11.3 Å². The van der Waals surface area contributed by atoms with Gasteiger partial charge in [0.25, 0.3) is 0 Å². The summed E-state index contributed by atoms with van der Waals surface area (Å²) in [6.07, 6.45) is 0.805. The standard InChI is InChI=1S/C13H14ClN3O2/c1-3-8-7-9(5-6-10(8)14)11-12(16-17-15-11)13(18)19-4-2/h5-7H,3-4H2,1-2H3,(H,15,16,17). The number of carbonyl (C=O) groups excluding carboxylic acids is 1. The Labute approximate surface area is 115 Å². The Balaban J connectivity index is 2.42. The molecule has 2 rings (SSSR count). The molecule has 0 bridgehead atoms. The van der Waals surface area contributed by atoms with Crippen molar-refractivity contribution < 1.29 is 9.53 Å². The van der Waals surface area contributed by atoms with Crippen LogP contribution in [0.1, 0.15) is 29.9 Å². The first-order valence-corrected chi connectivity index (χ1v) is 6.41. The van der Waals surface area contributed by atoms with Gasteiger partial charge in [0.15, 0.2) is 5.69 Å². The first-order chi connectivity index (χ1) is 9.17. The predicted molar refractivity (Wildman–Crippen MR) is 72.2 cm³/mol. The number of aromatic nitrogens is 3. The molecule has 0 radical (unpaired) electrons. The van der Waals surface area contributed by atoms with Crippen LogP contribution in [0.3, 0.4) is 0 Å². The zero-order valence-corrected chi connectivity index (χ0v) is 11.5. The molecule has 0 saturated heterocycles. The first-order valence-electron chi connectivity index (χ1n) is 6.04. The third-order valence-electron chi connectivity index (χ3n) is 2.72. The lowest BCUT2D eigenvalue weighted by Gasteiger charge is -2.05. The second-order valence-electron chi connectivity index (χ2n) is 3.90. The molecule has 0 aliphatic heterocycles. The summed E-state index contributed by atoms with van der Waals surface area (Å²) in [5, 5.41) is 11.0. The Morgan fingerprint density at radius 2 is 2.16 bits per heavy atom. The van der Waals surface area contributed by atoms with E-state index in [1.165, 1.54) is 0 Å². The van der Waals surface area contributed by atoms with E-state index in [2.05, 4.69) is 15.4 Å². The van der Waals surface area contributed by atoms with Crippen molar-refractivity contribution in [2.24, 2.45) is 0 Å². The Morgan fingerprint density at radius 1 is 1.37 bits per heavy atom. The van der Waals surface area contributed by atoms with Gasteiger partial charge >= 0.3 is 5.97 Å². The maximum absolute atomic E-state index is 11.8. The number of aryl methyl sites for hydroxylation is 1. The number of H-pyrrole nitrogens is 1. The number of carbonyl (C=O) groups is 1. The molecular weight excluding hydrogens is 266 g/mol. The predicted octanol–water partition coefficient (Wildman–Crippen LogP) is 2.86. The average molecular weight is 280 g/mol.